The molecule has 2 aromatic carbocycles. The van der Waals surface area contributed by atoms with Gasteiger partial charge >= 0.3 is 5.95 Å². The molecule has 0 bridgehead atoms. The Morgan fingerprint density at radius 1 is 1.11 bits per heavy atom. The number of hydrogen-bond donors (Lipinski definition) is 2. The summed E-state index contributed by atoms with van der Waals surface area (Å²) in [5.41, 5.74) is 6.34. The van der Waals surface area contributed by atoms with E-state index in [1.807, 2.05) is 30.3 Å². The number of nitrogens with one attached hydrogen (secondary N) is 2. The van der Waals surface area contributed by atoms with Crippen LogP contribution >= 0.6 is 11.6 Å². The van der Waals surface area contributed by atoms with Gasteiger partial charge in [0.05, 0.1) is 18.9 Å². The lowest BCUT2D eigenvalue weighted by Crippen LogP contribution is -2.35. The molecule has 0 saturated heterocycles. The summed E-state index contributed by atoms with van der Waals surface area (Å²) in [6, 6.07) is 11.5. The molecule has 136 valence electrons. The molecule has 0 radical (unpaired) electrons. The van der Waals surface area contributed by atoms with Gasteiger partial charge in [0.15, 0.2) is 0 Å². The number of hydrogen-bond acceptors (Lipinski definition) is 5. The molecule has 2 aliphatic heterocycles. The van der Waals surface area contributed by atoms with Crippen molar-refractivity contribution in [2.75, 3.05) is 17.2 Å². The van der Waals surface area contributed by atoms with Crippen LogP contribution in [0.3, 0.4) is 0 Å². The summed E-state index contributed by atoms with van der Waals surface area (Å²) in [5, 5.41) is 20.3. The van der Waals surface area contributed by atoms with Gasteiger partial charge < -0.3 is 15.3 Å². The van der Waals surface area contributed by atoms with Gasteiger partial charge in [-0.2, -0.15) is 0 Å². The Morgan fingerprint density at radius 2 is 2.00 bits per heavy atom. The average molecular weight is 381 g/mol. The molecule has 0 amide bonds. The third-order valence-electron chi connectivity index (χ3n) is 4.97. The standard InChI is InChI=1S/C20H17ClN4O2/c21-15-2-4-17-18(8-15)22-6-5-12-9-23-20(25(26)19(12)17)24-16-3-1-13-10-27-11-14(13)7-16/h1-4,7-9,22H,5-6,10-11H2,(H,23,24). The van der Waals surface area contributed by atoms with Crippen LogP contribution in [0.1, 0.15) is 16.7 Å². The van der Waals surface area contributed by atoms with Crippen LogP contribution in [0, 0.1) is 5.21 Å². The zero-order valence-corrected chi connectivity index (χ0v) is 15.2. The first-order valence-corrected chi connectivity index (χ1v) is 9.18. The van der Waals surface area contributed by atoms with Crippen molar-refractivity contribution in [2.24, 2.45) is 0 Å². The number of nitrogens with zero attached hydrogens (tertiary/aromatic N) is 2. The summed E-state index contributed by atoms with van der Waals surface area (Å²) in [6.07, 6.45) is 2.49. The van der Waals surface area contributed by atoms with Crippen LogP contribution in [0.25, 0.3) is 11.3 Å². The third-order valence-corrected chi connectivity index (χ3v) is 5.20. The molecule has 1 aromatic heterocycles. The van der Waals surface area contributed by atoms with Crippen LogP contribution in [0.15, 0.2) is 42.6 Å². The van der Waals surface area contributed by atoms with Gasteiger partial charge in [0, 0.05) is 28.4 Å². The molecule has 3 aromatic rings. The van der Waals surface area contributed by atoms with Gasteiger partial charge in [0.25, 0.3) is 0 Å². The summed E-state index contributed by atoms with van der Waals surface area (Å²) in [6.45, 7) is 1.96. The van der Waals surface area contributed by atoms with E-state index in [0.717, 1.165) is 39.3 Å². The maximum absolute atomic E-state index is 13.2. The molecular formula is C20H17ClN4O2. The van der Waals surface area contributed by atoms with E-state index < -0.39 is 0 Å². The maximum Gasteiger partial charge on any atom is 0.397 e. The Balaban J connectivity index is 1.58. The second kappa shape index (κ2) is 6.40. The number of benzene rings is 2. The minimum atomic E-state index is 0.246. The highest BCUT2D eigenvalue weighted by Gasteiger charge is 2.23. The zero-order chi connectivity index (χ0) is 18.4. The van der Waals surface area contributed by atoms with Gasteiger partial charge in [0.1, 0.15) is 11.9 Å². The van der Waals surface area contributed by atoms with Gasteiger partial charge in [0.2, 0.25) is 0 Å². The Kier molecular flexibility index (Phi) is 3.88. The molecule has 7 heteroatoms. The van der Waals surface area contributed by atoms with Crippen molar-refractivity contribution in [3.05, 3.63) is 69.5 Å². The average Bonchev–Trinajstić information content (AvgIpc) is 3.04. The number of rotatable bonds is 2. The predicted molar refractivity (Wildman–Crippen MR) is 104 cm³/mol. The van der Waals surface area contributed by atoms with E-state index in [4.69, 9.17) is 16.3 Å². The smallest absolute Gasteiger partial charge is 0.397 e. The van der Waals surface area contributed by atoms with Crippen molar-refractivity contribution in [1.82, 2.24) is 4.98 Å². The van der Waals surface area contributed by atoms with Gasteiger partial charge in [-0.1, -0.05) is 22.7 Å². The Labute approximate surface area is 161 Å². The van der Waals surface area contributed by atoms with Crippen molar-refractivity contribution >= 4 is 28.9 Å². The van der Waals surface area contributed by atoms with E-state index in [1.165, 1.54) is 5.56 Å². The third kappa shape index (κ3) is 2.87. The summed E-state index contributed by atoms with van der Waals surface area (Å²) in [4.78, 5) is 4.37. The number of aromatic nitrogens is 2. The quantitative estimate of drug-likeness (QED) is 0.523. The fourth-order valence-electron chi connectivity index (χ4n) is 3.62. The maximum atomic E-state index is 13.2. The van der Waals surface area contributed by atoms with Crippen molar-refractivity contribution < 1.29 is 9.47 Å². The van der Waals surface area contributed by atoms with E-state index >= 15 is 0 Å². The van der Waals surface area contributed by atoms with Crippen molar-refractivity contribution in [2.45, 2.75) is 19.6 Å². The summed E-state index contributed by atoms with van der Waals surface area (Å²) < 4.78 is 6.33. The molecule has 0 atom stereocenters. The first-order chi connectivity index (χ1) is 13.2. The molecular weight excluding hydrogens is 364 g/mol. The van der Waals surface area contributed by atoms with Crippen LogP contribution in [0.4, 0.5) is 17.3 Å². The highest BCUT2D eigenvalue weighted by molar-refractivity contribution is 6.31. The Bertz CT molecular complexity index is 1050. The number of fused-ring (bicyclic) bond motifs is 4. The topological polar surface area (TPSA) is 73.1 Å². The van der Waals surface area contributed by atoms with E-state index in [0.29, 0.717) is 30.4 Å². The highest BCUT2D eigenvalue weighted by atomic mass is 35.5. The monoisotopic (exact) mass is 380 g/mol. The lowest BCUT2D eigenvalue weighted by atomic mass is 10.1. The normalized spacial score (nSPS) is 14.6. The Hall–Kier alpha value is -2.83. The van der Waals surface area contributed by atoms with E-state index in [2.05, 4.69) is 15.6 Å². The number of anilines is 3. The van der Waals surface area contributed by atoms with E-state index in [9.17, 15) is 5.21 Å². The number of halogens is 1. The molecule has 3 heterocycles. The minimum absolute atomic E-state index is 0.246. The molecule has 2 aliphatic rings. The second-order valence-corrected chi connectivity index (χ2v) is 7.15. The number of ether oxygens (including phenoxy) is 1. The molecule has 6 nitrogen and oxygen atoms in total. The van der Waals surface area contributed by atoms with Gasteiger partial charge in [-0.15, -0.1) is 0 Å². The summed E-state index contributed by atoms with van der Waals surface area (Å²) >= 11 is 6.12. The molecule has 0 unspecified atom stereocenters. The SMILES string of the molecule is [O-][n+]1c(Nc2ccc3c(c2)COC3)ncc2c1-c1ccc(Cl)cc1NCC2. The highest BCUT2D eigenvalue weighted by Crippen LogP contribution is 2.33. The van der Waals surface area contributed by atoms with Crippen molar-refractivity contribution in [1.29, 1.82) is 0 Å². The fraction of sp³-hybridized carbons (Fsp3) is 0.200. The Morgan fingerprint density at radius 3 is 2.93 bits per heavy atom. The van der Waals surface area contributed by atoms with Crippen LogP contribution < -0.4 is 15.4 Å². The fourth-order valence-corrected chi connectivity index (χ4v) is 3.79. The van der Waals surface area contributed by atoms with Gasteiger partial charge in [-0.25, -0.2) is 10.0 Å². The van der Waals surface area contributed by atoms with Crippen LogP contribution in [-0.2, 0) is 24.4 Å². The van der Waals surface area contributed by atoms with Crippen LogP contribution in [0.5, 0.6) is 0 Å². The van der Waals surface area contributed by atoms with E-state index in [-0.39, 0.29) is 5.95 Å². The molecule has 27 heavy (non-hydrogen) atoms. The molecule has 2 N–H and O–H groups in total. The van der Waals surface area contributed by atoms with E-state index in [1.54, 1.807) is 12.3 Å². The summed E-state index contributed by atoms with van der Waals surface area (Å²) in [5.74, 6) is 0.246. The lowest BCUT2D eigenvalue weighted by Gasteiger charge is -2.17. The van der Waals surface area contributed by atoms with Crippen molar-refractivity contribution in [3.63, 3.8) is 0 Å². The summed E-state index contributed by atoms with van der Waals surface area (Å²) in [7, 11) is 0. The van der Waals surface area contributed by atoms with Crippen molar-refractivity contribution in [3.8, 4) is 11.3 Å². The minimum Gasteiger partial charge on any atom is -0.740 e. The molecule has 0 aliphatic carbocycles. The first kappa shape index (κ1) is 16.4. The largest absolute Gasteiger partial charge is 0.740 e. The second-order valence-electron chi connectivity index (χ2n) is 6.72. The molecule has 0 fully saturated rings. The molecule has 5 rings (SSSR count). The molecule has 0 saturated carbocycles. The van der Waals surface area contributed by atoms with Crippen LogP contribution in [-0.4, -0.2) is 11.5 Å². The molecule has 0 spiro atoms. The lowest BCUT2D eigenvalue weighted by molar-refractivity contribution is -0.581. The van der Waals surface area contributed by atoms with Gasteiger partial charge in [-0.3, -0.25) is 0 Å². The van der Waals surface area contributed by atoms with Gasteiger partial charge in [-0.05, 0) is 47.9 Å². The first-order valence-electron chi connectivity index (χ1n) is 8.81. The van der Waals surface area contributed by atoms with Crippen LogP contribution in [0.2, 0.25) is 5.02 Å². The predicted octanol–water partition coefficient (Wildman–Crippen LogP) is 3.78. The zero-order valence-electron chi connectivity index (χ0n) is 14.5.